The van der Waals surface area contributed by atoms with Gasteiger partial charge in [-0.05, 0) is 60.6 Å². The molecule has 0 spiro atoms. The fourth-order valence-corrected chi connectivity index (χ4v) is 5.33. The minimum Gasteiger partial charge on any atom is -0.406 e. The summed E-state index contributed by atoms with van der Waals surface area (Å²) < 4.78 is 67.8. The van der Waals surface area contributed by atoms with Crippen molar-refractivity contribution < 1.29 is 31.1 Å². The van der Waals surface area contributed by atoms with Crippen molar-refractivity contribution in [3.63, 3.8) is 0 Å². The van der Waals surface area contributed by atoms with Crippen LogP contribution in [0.4, 0.5) is 13.2 Å². The van der Waals surface area contributed by atoms with Gasteiger partial charge in [0.25, 0.3) is 0 Å². The summed E-state index contributed by atoms with van der Waals surface area (Å²) in [4.78, 5) is 12.8. The maximum Gasteiger partial charge on any atom is 0.573 e. The molecule has 1 aliphatic rings. The summed E-state index contributed by atoms with van der Waals surface area (Å²) >= 11 is 0. The van der Waals surface area contributed by atoms with Gasteiger partial charge in [-0.1, -0.05) is 38.1 Å². The Hall–Kier alpha value is -2.59. The molecule has 0 radical (unpaired) electrons. The van der Waals surface area contributed by atoms with E-state index in [1.807, 2.05) is 26.0 Å². The molecule has 0 aliphatic carbocycles. The van der Waals surface area contributed by atoms with Crippen LogP contribution in [0.3, 0.4) is 0 Å². The molecule has 1 aliphatic heterocycles. The van der Waals surface area contributed by atoms with Gasteiger partial charge in [0.2, 0.25) is 15.9 Å². The van der Waals surface area contributed by atoms with Crippen LogP contribution in [0.25, 0.3) is 0 Å². The Labute approximate surface area is 198 Å². The van der Waals surface area contributed by atoms with Crippen molar-refractivity contribution in [1.82, 2.24) is 9.62 Å². The van der Waals surface area contributed by atoms with E-state index in [-0.39, 0.29) is 35.6 Å². The highest BCUT2D eigenvalue weighted by Crippen LogP contribution is 2.26. The third-order valence-electron chi connectivity index (χ3n) is 5.88. The van der Waals surface area contributed by atoms with Crippen LogP contribution >= 0.6 is 0 Å². The number of halogens is 3. The van der Waals surface area contributed by atoms with Crippen molar-refractivity contribution in [2.24, 2.45) is 5.92 Å². The molecule has 0 atom stereocenters. The Morgan fingerprint density at radius 1 is 1.06 bits per heavy atom. The van der Waals surface area contributed by atoms with Crippen molar-refractivity contribution in [2.75, 3.05) is 19.6 Å². The van der Waals surface area contributed by atoms with E-state index in [2.05, 4.69) is 10.1 Å². The highest BCUT2D eigenvalue weighted by Gasteiger charge is 2.32. The van der Waals surface area contributed by atoms with Crippen LogP contribution in [-0.2, 0) is 21.2 Å². The Balaban J connectivity index is 1.45. The highest BCUT2D eigenvalue weighted by molar-refractivity contribution is 7.89. The lowest BCUT2D eigenvalue weighted by atomic mass is 9.97. The van der Waals surface area contributed by atoms with E-state index < -0.39 is 16.4 Å². The predicted molar refractivity (Wildman–Crippen MR) is 122 cm³/mol. The van der Waals surface area contributed by atoms with Crippen LogP contribution < -0.4 is 10.1 Å². The molecule has 0 aromatic heterocycles. The van der Waals surface area contributed by atoms with Crippen LogP contribution in [0.1, 0.15) is 43.7 Å². The first-order valence-corrected chi connectivity index (χ1v) is 12.6. The van der Waals surface area contributed by atoms with Gasteiger partial charge in [0.15, 0.2) is 0 Å². The number of rotatable bonds is 8. The van der Waals surface area contributed by atoms with Crippen LogP contribution in [0.2, 0.25) is 0 Å². The van der Waals surface area contributed by atoms with Crippen LogP contribution in [-0.4, -0.2) is 44.6 Å². The Morgan fingerprint density at radius 2 is 1.65 bits per heavy atom. The lowest BCUT2D eigenvalue weighted by molar-refractivity contribution is -0.274. The summed E-state index contributed by atoms with van der Waals surface area (Å²) in [6.45, 7) is 4.96. The summed E-state index contributed by atoms with van der Waals surface area (Å²) in [5.41, 5.74) is 1.83. The maximum absolute atomic E-state index is 12.9. The average molecular weight is 499 g/mol. The first kappa shape index (κ1) is 26.0. The van der Waals surface area contributed by atoms with Gasteiger partial charge >= 0.3 is 6.36 Å². The first-order chi connectivity index (χ1) is 16.0. The van der Waals surface area contributed by atoms with Crippen molar-refractivity contribution in [3.8, 4) is 5.75 Å². The summed E-state index contributed by atoms with van der Waals surface area (Å²) in [6.07, 6.45) is -3.42. The monoisotopic (exact) mass is 498 g/mol. The number of ether oxygens (including phenoxy) is 1. The average Bonchev–Trinajstić information content (AvgIpc) is 2.79. The minimum atomic E-state index is -4.73. The highest BCUT2D eigenvalue weighted by atomic mass is 32.2. The molecule has 0 unspecified atom stereocenters. The number of piperidine rings is 1. The number of alkyl halides is 3. The molecule has 10 heteroatoms. The number of hydrogen-bond donors (Lipinski definition) is 1. The fourth-order valence-electron chi connectivity index (χ4n) is 3.86. The third-order valence-corrected chi connectivity index (χ3v) is 7.79. The largest absolute Gasteiger partial charge is 0.573 e. The van der Waals surface area contributed by atoms with E-state index in [0.29, 0.717) is 31.7 Å². The van der Waals surface area contributed by atoms with E-state index in [1.54, 1.807) is 12.1 Å². The first-order valence-electron chi connectivity index (χ1n) is 11.2. The van der Waals surface area contributed by atoms with Gasteiger partial charge in [-0.25, -0.2) is 8.42 Å². The molecule has 1 heterocycles. The Kier molecular flexibility index (Phi) is 8.25. The molecule has 0 bridgehead atoms. The topological polar surface area (TPSA) is 75.7 Å². The van der Waals surface area contributed by atoms with Crippen molar-refractivity contribution in [2.45, 2.75) is 50.3 Å². The molecular weight excluding hydrogens is 469 g/mol. The van der Waals surface area contributed by atoms with Crippen molar-refractivity contribution >= 4 is 15.9 Å². The molecule has 2 aromatic carbocycles. The number of benzene rings is 2. The number of sulfonamides is 1. The molecule has 186 valence electrons. The summed E-state index contributed by atoms with van der Waals surface area (Å²) in [6, 6.07) is 12.4. The van der Waals surface area contributed by atoms with Gasteiger partial charge in [-0.15, -0.1) is 13.2 Å². The second kappa shape index (κ2) is 10.8. The van der Waals surface area contributed by atoms with Crippen LogP contribution in [0.15, 0.2) is 53.4 Å². The van der Waals surface area contributed by atoms with E-state index in [4.69, 9.17) is 0 Å². The van der Waals surface area contributed by atoms with Gasteiger partial charge in [-0.2, -0.15) is 4.31 Å². The second-order valence-electron chi connectivity index (χ2n) is 8.63. The molecule has 1 fully saturated rings. The van der Waals surface area contributed by atoms with Gasteiger partial charge < -0.3 is 10.1 Å². The van der Waals surface area contributed by atoms with E-state index in [0.717, 1.165) is 11.1 Å². The SMILES string of the molecule is CC(C)c1ccc(S(=O)(=O)N2CCC(C(=O)NCCc3ccc(OC(F)(F)F)cc3)CC2)cc1. The molecule has 1 N–H and O–H groups in total. The summed E-state index contributed by atoms with van der Waals surface area (Å²) in [5.74, 6) is -0.403. The van der Waals surface area contributed by atoms with Gasteiger partial charge in [0.1, 0.15) is 5.75 Å². The zero-order valence-corrected chi connectivity index (χ0v) is 20.0. The molecule has 3 rings (SSSR count). The number of carbonyl (C=O) groups is 1. The van der Waals surface area contributed by atoms with Crippen LogP contribution in [0.5, 0.6) is 5.75 Å². The zero-order chi connectivity index (χ0) is 24.9. The van der Waals surface area contributed by atoms with Gasteiger partial charge in [0.05, 0.1) is 4.90 Å². The van der Waals surface area contributed by atoms with E-state index in [1.165, 1.54) is 28.6 Å². The summed E-state index contributed by atoms with van der Waals surface area (Å²) in [5, 5.41) is 2.84. The van der Waals surface area contributed by atoms with Gasteiger partial charge in [0, 0.05) is 25.6 Å². The van der Waals surface area contributed by atoms with Crippen molar-refractivity contribution in [1.29, 1.82) is 0 Å². The van der Waals surface area contributed by atoms with Gasteiger partial charge in [-0.3, -0.25) is 4.79 Å². The van der Waals surface area contributed by atoms with Crippen LogP contribution in [0, 0.1) is 5.92 Å². The van der Waals surface area contributed by atoms with E-state index in [9.17, 15) is 26.4 Å². The predicted octanol–water partition coefficient (Wildman–Crippen LogP) is 4.47. The molecule has 1 saturated heterocycles. The fraction of sp³-hybridized carbons (Fsp3) is 0.458. The van der Waals surface area contributed by atoms with Crippen molar-refractivity contribution in [3.05, 3.63) is 59.7 Å². The number of nitrogens with zero attached hydrogens (tertiary/aromatic N) is 1. The second-order valence-corrected chi connectivity index (χ2v) is 10.6. The normalized spacial score (nSPS) is 15.9. The minimum absolute atomic E-state index is 0.143. The smallest absolute Gasteiger partial charge is 0.406 e. The lowest BCUT2D eigenvalue weighted by Crippen LogP contribution is -2.43. The number of amides is 1. The number of carbonyl (C=O) groups excluding carboxylic acids is 1. The quantitative estimate of drug-likeness (QED) is 0.583. The molecule has 6 nitrogen and oxygen atoms in total. The lowest BCUT2D eigenvalue weighted by Gasteiger charge is -2.30. The number of nitrogens with one attached hydrogen (secondary N) is 1. The molecule has 34 heavy (non-hydrogen) atoms. The molecule has 2 aromatic rings. The Bertz CT molecular complexity index is 1060. The third kappa shape index (κ3) is 6.96. The summed E-state index contributed by atoms with van der Waals surface area (Å²) in [7, 11) is -3.60. The molecule has 1 amide bonds. The standard InChI is InChI=1S/C24H29F3N2O4S/c1-17(2)19-5-9-22(10-6-19)34(31,32)29-15-12-20(13-16-29)23(30)28-14-11-18-3-7-21(8-4-18)33-24(25,26)27/h3-10,17,20H,11-16H2,1-2H3,(H,28,30). The zero-order valence-electron chi connectivity index (χ0n) is 19.1. The maximum atomic E-state index is 12.9. The molecular formula is C24H29F3N2O4S. The van der Waals surface area contributed by atoms with E-state index >= 15 is 0 Å². The Morgan fingerprint density at radius 3 is 2.18 bits per heavy atom. The molecule has 0 saturated carbocycles. The number of hydrogen-bond acceptors (Lipinski definition) is 4.